The van der Waals surface area contributed by atoms with Gasteiger partial charge in [-0.2, -0.15) is 0 Å². The van der Waals surface area contributed by atoms with Crippen molar-refractivity contribution in [2.45, 2.75) is 39.0 Å². The van der Waals surface area contributed by atoms with Crippen LogP contribution in [0.5, 0.6) is 0 Å². The van der Waals surface area contributed by atoms with Crippen molar-refractivity contribution in [3.8, 4) is 0 Å². The molecule has 0 radical (unpaired) electrons. The molecule has 1 saturated carbocycles. The Morgan fingerprint density at radius 3 is 2.91 bits per heavy atom. The molecule has 0 amide bonds. The zero-order valence-corrected chi connectivity index (χ0v) is 7.23. The number of hydrogen-bond donors (Lipinski definition) is 0. The molecule has 1 aliphatic carbocycles. The molecule has 11 heavy (non-hydrogen) atoms. The zero-order valence-electron chi connectivity index (χ0n) is 7.23. The second-order valence-corrected chi connectivity index (χ2v) is 3.30. The molecule has 1 rings (SSSR count). The summed E-state index contributed by atoms with van der Waals surface area (Å²) in [6.45, 7) is 5.99. The molecule has 1 heteroatoms. The average Bonchev–Trinajstić information content (AvgIpc) is 2.16. The van der Waals surface area contributed by atoms with Gasteiger partial charge in [-0.25, -0.2) is 0 Å². The number of ketones is 1. The Balaban J connectivity index is 2.64. The molecule has 0 aromatic rings. The monoisotopic (exact) mass is 152 g/mol. The normalized spacial score (nSPS) is 26.8. The molecule has 0 unspecified atom stereocenters. The maximum absolute atomic E-state index is 11.3. The average molecular weight is 152 g/mol. The van der Waals surface area contributed by atoms with E-state index in [1.54, 1.807) is 0 Å². The lowest BCUT2D eigenvalue weighted by Gasteiger charge is -2.11. The Hall–Kier alpha value is -0.590. The maximum atomic E-state index is 11.3. The number of Topliss-reactive ketones (excluding diaryl/α,β-unsaturated/α-hetero) is 1. The van der Waals surface area contributed by atoms with E-state index in [4.69, 9.17) is 0 Å². The van der Waals surface area contributed by atoms with Crippen molar-refractivity contribution >= 4 is 5.78 Å². The van der Waals surface area contributed by atoms with E-state index in [2.05, 4.69) is 13.5 Å². The summed E-state index contributed by atoms with van der Waals surface area (Å²) in [5, 5.41) is 0. The molecular formula is C10H16O. The summed E-state index contributed by atoms with van der Waals surface area (Å²) in [7, 11) is 0. The Labute approximate surface area is 68.5 Å². The molecule has 0 aliphatic heterocycles. The third-order valence-corrected chi connectivity index (χ3v) is 2.55. The highest BCUT2D eigenvalue weighted by atomic mass is 16.1. The molecule has 0 aromatic carbocycles. The lowest BCUT2D eigenvalue weighted by Crippen LogP contribution is -2.07. The predicted octanol–water partition coefficient (Wildman–Crippen LogP) is 2.71. The van der Waals surface area contributed by atoms with Gasteiger partial charge in [0, 0.05) is 6.42 Å². The lowest BCUT2D eigenvalue weighted by atomic mass is 9.93. The molecule has 0 saturated heterocycles. The van der Waals surface area contributed by atoms with Crippen LogP contribution in [-0.2, 0) is 4.79 Å². The quantitative estimate of drug-likeness (QED) is 0.417. The van der Waals surface area contributed by atoms with Gasteiger partial charge < -0.3 is 0 Å². The second-order valence-electron chi connectivity index (χ2n) is 3.30. The third-order valence-electron chi connectivity index (χ3n) is 2.55. The van der Waals surface area contributed by atoms with Crippen LogP contribution < -0.4 is 0 Å². The van der Waals surface area contributed by atoms with Gasteiger partial charge in [0.15, 0.2) is 5.78 Å². The smallest absolute Gasteiger partial charge is 0.158 e. The third kappa shape index (κ3) is 1.92. The summed E-state index contributed by atoms with van der Waals surface area (Å²) in [6.07, 6.45) is 5.23. The summed E-state index contributed by atoms with van der Waals surface area (Å²) in [5.41, 5.74) is 0.880. The first-order chi connectivity index (χ1) is 5.25. The van der Waals surface area contributed by atoms with Crippen molar-refractivity contribution in [3.05, 3.63) is 12.2 Å². The number of hydrogen-bond acceptors (Lipinski definition) is 1. The fourth-order valence-corrected chi connectivity index (χ4v) is 1.69. The van der Waals surface area contributed by atoms with Crippen LogP contribution in [0.3, 0.4) is 0 Å². The largest absolute Gasteiger partial charge is 0.295 e. The molecule has 0 spiro atoms. The van der Waals surface area contributed by atoms with E-state index in [-0.39, 0.29) is 0 Å². The van der Waals surface area contributed by atoms with Crippen molar-refractivity contribution in [3.63, 3.8) is 0 Å². The van der Waals surface area contributed by atoms with E-state index < -0.39 is 0 Å². The van der Waals surface area contributed by atoms with Gasteiger partial charge in [-0.1, -0.05) is 19.9 Å². The Kier molecular flexibility index (Phi) is 2.86. The summed E-state index contributed by atoms with van der Waals surface area (Å²) in [5.74, 6) is 0.777. The highest BCUT2D eigenvalue weighted by Gasteiger charge is 2.19. The van der Waals surface area contributed by atoms with Gasteiger partial charge in [-0.05, 0) is 30.8 Å². The number of carbonyl (C=O) groups excluding carboxylic acids is 1. The van der Waals surface area contributed by atoms with Crippen molar-refractivity contribution < 1.29 is 4.79 Å². The van der Waals surface area contributed by atoms with Gasteiger partial charge in [-0.15, -0.1) is 0 Å². The van der Waals surface area contributed by atoms with Crippen LogP contribution in [0.1, 0.15) is 39.0 Å². The van der Waals surface area contributed by atoms with Gasteiger partial charge >= 0.3 is 0 Å². The van der Waals surface area contributed by atoms with Crippen LogP contribution in [-0.4, -0.2) is 5.78 Å². The molecule has 0 heterocycles. The fourth-order valence-electron chi connectivity index (χ4n) is 1.69. The minimum atomic E-state index is 0.300. The van der Waals surface area contributed by atoms with Gasteiger partial charge in [0.05, 0.1) is 0 Å². The van der Waals surface area contributed by atoms with E-state index in [9.17, 15) is 4.79 Å². The van der Waals surface area contributed by atoms with Crippen molar-refractivity contribution in [2.75, 3.05) is 0 Å². The van der Waals surface area contributed by atoms with Gasteiger partial charge in [0.2, 0.25) is 0 Å². The minimum Gasteiger partial charge on any atom is -0.295 e. The van der Waals surface area contributed by atoms with Crippen LogP contribution >= 0.6 is 0 Å². The first-order valence-electron chi connectivity index (χ1n) is 4.47. The van der Waals surface area contributed by atoms with E-state index in [1.807, 2.05) is 0 Å². The van der Waals surface area contributed by atoms with Crippen LogP contribution in [0.25, 0.3) is 0 Å². The zero-order chi connectivity index (χ0) is 8.27. The molecule has 1 nitrogen and oxygen atoms in total. The minimum absolute atomic E-state index is 0.300. The summed E-state index contributed by atoms with van der Waals surface area (Å²) < 4.78 is 0. The van der Waals surface area contributed by atoms with Gasteiger partial charge in [-0.3, -0.25) is 4.79 Å². The molecule has 1 atom stereocenters. The summed E-state index contributed by atoms with van der Waals surface area (Å²) in [6, 6.07) is 0. The van der Waals surface area contributed by atoms with Gasteiger partial charge in [0.1, 0.15) is 0 Å². The maximum Gasteiger partial charge on any atom is 0.158 e. The Morgan fingerprint density at radius 1 is 1.55 bits per heavy atom. The molecule has 1 fully saturated rings. The van der Waals surface area contributed by atoms with Crippen LogP contribution in [0, 0.1) is 5.92 Å². The van der Waals surface area contributed by atoms with Crippen LogP contribution in [0.4, 0.5) is 0 Å². The number of carbonyl (C=O) groups is 1. The van der Waals surface area contributed by atoms with Crippen molar-refractivity contribution in [2.24, 2.45) is 5.92 Å². The van der Waals surface area contributed by atoms with E-state index in [1.165, 1.54) is 12.8 Å². The molecular weight excluding hydrogens is 136 g/mol. The van der Waals surface area contributed by atoms with E-state index >= 15 is 0 Å². The number of allylic oxidation sites excluding steroid dienone is 1. The number of rotatable bonds is 1. The van der Waals surface area contributed by atoms with E-state index in [0.717, 1.165) is 24.8 Å². The van der Waals surface area contributed by atoms with Crippen molar-refractivity contribution in [1.82, 2.24) is 0 Å². The fraction of sp³-hybridized carbons (Fsp3) is 0.700. The molecule has 62 valence electrons. The highest BCUT2D eigenvalue weighted by molar-refractivity contribution is 5.95. The molecule has 0 aromatic heterocycles. The molecule has 0 N–H and O–H groups in total. The van der Waals surface area contributed by atoms with Crippen LogP contribution in [0.15, 0.2) is 12.2 Å². The SMILES string of the molecule is C=C1C(=O)CCCC[C@@H]1CC. The Bertz CT molecular complexity index is 170. The highest BCUT2D eigenvalue weighted by Crippen LogP contribution is 2.26. The lowest BCUT2D eigenvalue weighted by molar-refractivity contribution is -0.115. The topological polar surface area (TPSA) is 17.1 Å². The first kappa shape index (κ1) is 8.51. The first-order valence-corrected chi connectivity index (χ1v) is 4.47. The van der Waals surface area contributed by atoms with Crippen molar-refractivity contribution in [1.29, 1.82) is 0 Å². The standard InChI is InChI=1S/C10H16O/c1-3-9-6-4-5-7-10(11)8(9)2/h9H,2-7H2,1H3/t9-/m0/s1. The second kappa shape index (κ2) is 3.70. The van der Waals surface area contributed by atoms with Crippen LogP contribution in [0.2, 0.25) is 0 Å². The molecule has 1 aliphatic rings. The van der Waals surface area contributed by atoms with E-state index in [0.29, 0.717) is 11.7 Å². The predicted molar refractivity (Wildman–Crippen MR) is 46.4 cm³/mol. The Morgan fingerprint density at radius 2 is 2.27 bits per heavy atom. The molecule has 0 bridgehead atoms. The van der Waals surface area contributed by atoms with Gasteiger partial charge in [0.25, 0.3) is 0 Å². The summed E-state index contributed by atoms with van der Waals surface area (Å²) >= 11 is 0. The summed E-state index contributed by atoms with van der Waals surface area (Å²) in [4.78, 5) is 11.3.